The number of carbonyl (C=O) groups excluding carboxylic acids is 1. The molecule has 3 aromatic heterocycles. The number of hydrogen-bond donors (Lipinski definition) is 1. The van der Waals surface area contributed by atoms with Crippen LogP contribution in [0.3, 0.4) is 0 Å². The molecule has 3 aromatic rings. The van der Waals surface area contributed by atoms with Gasteiger partial charge >= 0.3 is 0 Å². The zero-order valence-corrected chi connectivity index (χ0v) is 15.8. The summed E-state index contributed by atoms with van der Waals surface area (Å²) in [6.07, 6.45) is 1.51. The topological polar surface area (TPSA) is 98.9 Å². The normalized spacial score (nSPS) is 11.3. The van der Waals surface area contributed by atoms with E-state index in [2.05, 4.69) is 15.5 Å². The minimum atomic E-state index is -1.20. The minimum Gasteiger partial charge on any atom is -0.352 e. The van der Waals surface area contributed by atoms with Crippen LogP contribution in [0, 0.1) is 0 Å². The monoisotopic (exact) mass is 385 g/mol. The van der Waals surface area contributed by atoms with E-state index in [1.807, 2.05) is 17.5 Å². The Labute approximate surface area is 159 Å². The maximum absolute atomic E-state index is 12.7. The van der Waals surface area contributed by atoms with Crippen LogP contribution in [0.4, 0.5) is 0 Å². The van der Waals surface area contributed by atoms with Gasteiger partial charge in [-0.05, 0) is 37.4 Å². The van der Waals surface area contributed by atoms with Crippen LogP contribution < -0.4 is 16.4 Å². The lowest BCUT2D eigenvalue weighted by Crippen LogP contribution is -2.50. The van der Waals surface area contributed by atoms with E-state index >= 15 is 0 Å². The fraction of sp³-hybridized carbons (Fsp3) is 0.278. The van der Waals surface area contributed by atoms with Gasteiger partial charge in [-0.2, -0.15) is 10.2 Å². The zero-order valence-electron chi connectivity index (χ0n) is 15.0. The molecule has 3 rings (SSSR count). The van der Waals surface area contributed by atoms with Crippen LogP contribution >= 0.6 is 11.3 Å². The van der Waals surface area contributed by atoms with E-state index in [1.165, 1.54) is 39.0 Å². The van der Waals surface area contributed by atoms with Crippen LogP contribution in [0.1, 0.15) is 13.8 Å². The second kappa shape index (κ2) is 7.67. The minimum absolute atomic E-state index is 0.207. The van der Waals surface area contributed by atoms with Gasteiger partial charge in [-0.1, -0.05) is 6.07 Å². The van der Waals surface area contributed by atoms with Gasteiger partial charge in [0.05, 0.1) is 11.4 Å². The molecule has 0 aliphatic carbocycles. The first kappa shape index (κ1) is 18.7. The first-order chi connectivity index (χ1) is 12.9. The largest absolute Gasteiger partial charge is 0.352 e. The van der Waals surface area contributed by atoms with Gasteiger partial charge in [0.15, 0.2) is 0 Å². The molecule has 0 saturated heterocycles. The third-order valence-corrected chi connectivity index (χ3v) is 4.95. The SMILES string of the molecule is CC(C)(C(=O)NCCn1ncccc1=O)n1nc(-c2cccs2)ccc1=O. The van der Waals surface area contributed by atoms with Crippen molar-refractivity contribution in [3.63, 3.8) is 0 Å². The molecule has 27 heavy (non-hydrogen) atoms. The average molecular weight is 385 g/mol. The molecular formula is C18H19N5O3S. The van der Waals surface area contributed by atoms with Crippen LogP contribution in [-0.2, 0) is 16.9 Å². The molecular weight excluding hydrogens is 366 g/mol. The number of thiophene rings is 1. The lowest BCUT2D eigenvalue weighted by molar-refractivity contribution is -0.129. The summed E-state index contributed by atoms with van der Waals surface area (Å²) in [7, 11) is 0. The Morgan fingerprint density at radius 1 is 1.15 bits per heavy atom. The molecule has 9 heteroatoms. The van der Waals surface area contributed by atoms with Crippen LogP contribution in [0.25, 0.3) is 10.6 Å². The lowest BCUT2D eigenvalue weighted by Gasteiger charge is -2.25. The van der Waals surface area contributed by atoms with E-state index in [0.29, 0.717) is 5.69 Å². The molecule has 3 heterocycles. The molecule has 0 fully saturated rings. The highest BCUT2D eigenvalue weighted by atomic mass is 32.1. The van der Waals surface area contributed by atoms with Crippen LogP contribution in [0.15, 0.2) is 57.6 Å². The Hall–Kier alpha value is -3.07. The first-order valence-electron chi connectivity index (χ1n) is 8.35. The van der Waals surface area contributed by atoms with E-state index in [4.69, 9.17) is 0 Å². The van der Waals surface area contributed by atoms with Crippen molar-refractivity contribution >= 4 is 17.2 Å². The lowest BCUT2D eigenvalue weighted by atomic mass is 10.0. The highest BCUT2D eigenvalue weighted by Crippen LogP contribution is 2.22. The van der Waals surface area contributed by atoms with Crippen molar-refractivity contribution in [3.05, 3.63) is 68.7 Å². The maximum Gasteiger partial charge on any atom is 0.267 e. The van der Waals surface area contributed by atoms with Crippen molar-refractivity contribution < 1.29 is 4.79 Å². The molecule has 0 aliphatic rings. The van der Waals surface area contributed by atoms with Gasteiger partial charge < -0.3 is 5.32 Å². The molecule has 0 unspecified atom stereocenters. The van der Waals surface area contributed by atoms with Crippen molar-refractivity contribution in [2.45, 2.75) is 25.9 Å². The van der Waals surface area contributed by atoms with Gasteiger partial charge in [-0.3, -0.25) is 14.4 Å². The Morgan fingerprint density at radius 3 is 2.67 bits per heavy atom. The van der Waals surface area contributed by atoms with Crippen LogP contribution in [0.5, 0.6) is 0 Å². The molecule has 1 amide bonds. The molecule has 8 nitrogen and oxygen atoms in total. The molecule has 0 aliphatic heterocycles. The van der Waals surface area contributed by atoms with E-state index in [-0.39, 0.29) is 30.1 Å². The van der Waals surface area contributed by atoms with Crippen LogP contribution in [-0.4, -0.2) is 32.0 Å². The van der Waals surface area contributed by atoms with E-state index in [0.717, 1.165) is 4.88 Å². The van der Waals surface area contributed by atoms with Gasteiger partial charge in [0.25, 0.3) is 11.1 Å². The van der Waals surface area contributed by atoms with E-state index in [9.17, 15) is 14.4 Å². The van der Waals surface area contributed by atoms with Crippen molar-refractivity contribution in [1.29, 1.82) is 0 Å². The highest BCUT2D eigenvalue weighted by Gasteiger charge is 2.32. The molecule has 0 spiro atoms. The van der Waals surface area contributed by atoms with Crippen molar-refractivity contribution in [3.8, 4) is 10.6 Å². The van der Waals surface area contributed by atoms with Gasteiger partial charge in [0.1, 0.15) is 11.2 Å². The molecule has 0 atom stereocenters. The second-order valence-corrected chi connectivity index (χ2v) is 7.29. The van der Waals surface area contributed by atoms with Gasteiger partial charge in [-0.25, -0.2) is 9.36 Å². The standard InChI is InChI=1S/C18H19N5O3S/c1-18(2,17(26)19-10-11-22-15(24)6-3-9-20-22)23-16(25)8-7-13(21-23)14-5-4-12-27-14/h3-9,12H,10-11H2,1-2H3,(H,19,26). The third kappa shape index (κ3) is 4.03. The number of rotatable bonds is 6. The molecule has 0 saturated carbocycles. The second-order valence-electron chi connectivity index (χ2n) is 6.35. The molecule has 0 bridgehead atoms. The summed E-state index contributed by atoms with van der Waals surface area (Å²) in [6.45, 7) is 3.70. The summed E-state index contributed by atoms with van der Waals surface area (Å²) in [6, 6.07) is 9.81. The zero-order chi connectivity index (χ0) is 19.4. The maximum atomic E-state index is 12.7. The number of aromatic nitrogens is 4. The molecule has 1 N–H and O–H groups in total. The number of carbonyl (C=O) groups is 1. The summed E-state index contributed by atoms with van der Waals surface area (Å²) >= 11 is 1.50. The number of amides is 1. The first-order valence-corrected chi connectivity index (χ1v) is 9.23. The number of hydrogen-bond acceptors (Lipinski definition) is 6. The Morgan fingerprint density at radius 2 is 1.96 bits per heavy atom. The smallest absolute Gasteiger partial charge is 0.267 e. The van der Waals surface area contributed by atoms with Gasteiger partial charge in [0, 0.05) is 24.9 Å². The fourth-order valence-electron chi connectivity index (χ4n) is 2.51. The quantitative estimate of drug-likeness (QED) is 0.685. The summed E-state index contributed by atoms with van der Waals surface area (Å²) < 4.78 is 2.44. The van der Waals surface area contributed by atoms with Gasteiger partial charge in [-0.15, -0.1) is 11.3 Å². The molecule has 0 radical (unpaired) electrons. The number of nitrogens with one attached hydrogen (secondary N) is 1. The highest BCUT2D eigenvalue weighted by molar-refractivity contribution is 7.13. The molecule has 140 valence electrons. The Balaban J connectivity index is 1.76. The fourth-order valence-corrected chi connectivity index (χ4v) is 3.20. The van der Waals surface area contributed by atoms with Crippen molar-refractivity contribution in [2.24, 2.45) is 0 Å². The van der Waals surface area contributed by atoms with E-state index in [1.54, 1.807) is 26.0 Å². The summed E-state index contributed by atoms with van der Waals surface area (Å²) in [5.74, 6) is -0.371. The predicted octanol–water partition coefficient (Wildman–Crippen LogP) is 1.08. The molecule has 0 aromatic carbocycles. The average Bonchev–Trinajstić information content (AvgIpc) is 3.18. The third-order valence-electron chi connectivity index (χ3n) is 4.05. The van der Waals surface area contributed by atoms with Crippen LogP contribution in [0.2, 0.25) is 0 Å². The van der Waals surface area contributed by atoms with Gasteiger partial charge in [0.2, 0.25) is 5.91 Å². The summed E-state index contributed by atoms with van der Waals surface area (Å²) in [5, 5.41) is 13.0. The van der Waals surface area contributed by atoms with Crippen molar-refractivity contribution in [2.75, 3.05) is 6.54 Å². The summed E-state index contributed by atoms with van der Waals surface area (Å²) in [5.41, 5.74) is -1.17. The van der Waals surface area contributed by atoms with Crippen molar-refractivity contribution in [1.82, 2.24) is 24.9 Å². The summed E-state index contributed by atoms with van der Waals surface area (Å²) in [4.78, 5) is 37.5. The van der Waals surface area contributed by atoms with E-state index < -0.39 is 5.54 Å². The number of nitrogens with zero attached hydrogens (tertiary/aromatic N) is 4. The Kier molecular flexibility index (Phi) is 5.31. The predicted molar refractivity (Wildman–Crippen MR) is 103 cm³/mol. The Bertz CT molecular complexity index is 1050.